The fourth-order valence-electron chi connectivity index (χ4n) is 3.88. The minimum absolute atomic E-state index is 0.208. The van der Waals surface area contributed by atoms with Gasteiger partial charge in [-0.2, -0.15) is 0 Å². The number of benzene rings is 3. The topological polar surface area (TPSA) is 20.3 Å². The first-order chi connectivity index (χ1) is 13.7. The first kappa shape index (κ1) is 16.9. The lowest BCUT2D eigenvalue weighted by Gasteiger charge is -2.38. The van der Waals surface area contributed by atoms with Gasteiger partial charge in [-0.15, -0.1) is 11.3 Å². The number of rotatable bonds is 2. The lowest BCUT2D eigenvalue weighted by Crippen LogP contribution is -2.38. The van der Waals surface area contributed by atoms with Crippen LogP contribution in [-0.4, -0.2) is 5.91 Å². The van der Waals surface area contributed by atoms with Crippen LogP contribution >= 0.6 is 11.3 Å². The molecule has 0 aliphatic carbocycles. The highest BCUT2D eigenvalue weighted by molar-refractivity contribution is 7.10. The highest BCUT2D eigenvalue weighted by atomic mass is 32.1. The Kier molecular flexibility index (Phi) is 4.06. The minimum Gasteiger partial charge on any atom is -0.295 e. The van der Waals surface area contributed by atoms with Gasteiger partial charge in [0.2, 0.25) is 0 Å². The Morgan fingerprint density at radius 3 is 2.43 bits per heavy atom. The Hall–Kier alpha value is -3.24. The normalized spacial score (nSPS) is 15.0. The molecule has 5 rings (SSSR count). The molecule has 3 aromatic carbocycles. The molecule has 1 amide bonds. The summed E-state index contributed by atoms with van der Waals surface area (Å²) in [6.07, 6.45) is 0. The number of carbonyl (C=O) groups is 1. The van der Waals surface area contributed by atoms with Crippen molar-refractivity contribution >= 4 is 22.9 Å². The number of nitrogens with zero attached hydrogens (tertiary/aromatic N) is 1. The van der Waals surface area contributed by atoms with Crippen LogP contribution in [0.1, 0.15) is 26.8 Å². The average molecular weight is 385 g/mol. The van der Waals surface area contributed by atoms with E-state index in [2.05, 4.69) is 12.1 Å². The van der Waals surface area contributed by atoms with Gasteiger partial charge >= 0.3 is 0 Å². The molecular formula is C24H16FNOS. The Bertz CT molecular complexity index is 1170. The third kappa shape index (κ3) is 2.65. The number of thiophene rings is 1. The van der Waals surface area contributed by atoms with Crippen LogP contribution in [0.5, 0.6) is 0 Å². The van der Waals surface area contributed by atoms with Crippen molar-refractivity contribution in [3.8, 4) is 11.1 Å². The third-order valence-electron chi connectivity index (χ3n) is 5.07. The Balaban J connectivity index is 1.77. The van der Waals surface area contributed by atoms with E-state index in [0.29, 0.717) is 5.56 Å². The standard InChI is InChI=1S/C24H16FNOS/c25-17-8-5-7-16(15-17)24(27)26-21-12-4-3-10-19(21)18-9-1-2-11-20(18)23(26)22-13-6-14-28-22/h1-15,23H. The summed E-state index contributed by atoms with van der Waals surface area (Å²) in [7, 11) is 0. The predicted molar refractivity (Wildman–Crippen MR) is 111 cm³/mol. The first-order valence-corrected chi connectivity index (χ1v) is 9.93. The predicted octanol–water partition coefficient (Wildman–Crippen LogP) is 6.30. The van der Waals surface area contributed by atoms with E-state index >= 15 is 0 Å². The van der Waals surface area contributed by atoms with E-state index in [4.69, 9.17) is 0 Å². The highest BCUT2D eigenvalue weighted by Gasteiger charge is 2.36. The van der Waals surface area contributed by atoms with Crippen LogP contribution in [-0.2, 0) is 0 Å². The van der Waals surface area contributed by atoms with Crippen LogP contribution in [0.25, 0.3) is 11.1 Å². The zero-order valence-electron chi connectivity index (χ0n) is 14.9. The number of halogens is 1. The fraction of sp³-hybridized carbons (Fsp3) is 0.0417. The number of anilines is 1. The maximum absolute atomic E-state index is 13.8. The molecule has 0 N–H and O–H groups in total. The fourth-order valence-corrected chi connectivity index (χ4v) is 4.72. The zero-order valence-corrected chi connectivity index (χ0v) is 15.7. The monoisotopic (exact) mass is 385 g/mol. The Morgan fingerprint density at radius 2 is 1.64 bits per heavy atom. The minimum atomic E-state index is -0.413. The summed E-state index contributed by atoms with van der Waals surface area (Å²) < 4.78 is 13.8. The van der Waals surface area contributed by atoms with Gasteiger partial charge in [0.15, 0.2) is 0 Å². The molecule has 28 heavy (non-hydrogen) atoms. The van der Waals surface area contributed by atoms with Crippen LogP contribution in [0, 0.1) is 5.82 Å². The molecule has 1 atom stereocenters. The van der Waals surface area contributed by atoms with E-state index in [9.17, 15) is 9.18 Å². The molecule has 2 heterocycles. The molecule has 0 radical (unpaired) electrons. The molecule has 1 aliphatic heterocycles. The number of para-hydroxylation sites is 1. The van der Waals surface area contributed by atoms with Gasteiger partial charge in [-0.25, -0.2) is 4.39 Å². The van der Waals surface area contributed by atoms with Crippen LogP contribution in [0.4, 0.5) is 10.1 Å². The Morgan fingerprint density at radius 1 is 0.857 bits per heavy atom. The van der Waals surface area contributed by atoms with Crippen molar-refractivity contribution in [2.45, 2.75) is 6.04 Å². The van der Waals surface area contributed by atoms with Gasteiger partial charge in [0, 0.05) is 16.0 Å². The Labute approximate surface area is 166 Å². The van der Waals surface area contributed by atoms with Crippen molar-refractivity contribution in [2.75, 3.05) is 4.90 Å². The molecule has 1 unspecified atom stereocenters. The summed E-state index contributed by atoms with van der Waals surface area (Å²) in [4.78, 5) is 16.5. The molecule has 0 bridgehead atoms. The molecule has 1 aliphatic rings. The van der Waals surface area contributed by atoms with Crippen molar-refractivity contribution in [2.24, 2.45) is 0 Å². The van der Waals surface area contributed by atoms with Crippen molar-refractivity contribution < 1.29 is 9.18 Å². The zero-order chi connectivity index (χ0) is 19.1. The lowest BCUT2D eigenvalue weighted by atomic mass is 9.87. The second-order valence-corrected chi connectivity index (χ2v) is 7.69. The van der Waals surface area contributed by atoms with Gasteiger partial charge in [-0.3, -0.25) is 9.69 Å². The summed E-state index contributed by atoms with van der Waals surface area (Å²) in [6.45, 7) is 0. The third-order valence-corrected chi connectivity index (χ3v) is 6.00. The molecule has 0 saturated carbocycles. The highest BCUT2D eigenvalue weighted by Crippen LogP contribution is 2.48. The van der Waals surface area contributed by atoms with E-state index in [0.717, 1.165) is 27.3 Å². The second kappa shape index (κ2) is 6.73. The van der Waals surface area contributed by atoms with Crippen molar-refractivity contribution in [3.05, 3.63) is 112 Å². The molecular weight excluding hydrogens is 369 g/mol. The maximum atomic E-state index is 13.8. The molecule has 136 valence electrons. The summed E-state index contributed by atoms with van der Waals surface area (Å²) in [5, 5.41) is 2.02. The number of carbonyl (C=O) groups excluding carboxylic acids is 1. The summed E-state index contributed by atoms with van der Waals surface area (Å²) in [5.74, 6) is -0.621. The molecule has 2 nitrogen and oxygen atoms in total. The van der Waals surface area contributed by atoms with Gasteiger partial charge in [0.25, 0.3) is 5.91 Å². The van der Waals surface area contributed by atoms with Crippen LogP contribution < -0.4 is 4.90 Å². The van der Waals surface area contributed by atoms with Crippen molar-refractivity contribution in [1.82, 2.24) is 0 Å². The molecule has 0 spiro atoms. The smallest absolute Gasteiger partial charge is 0.259 e. The second-order valence-electron chi connectivity index (χ2n) is 6.71. The van der Waals surface area contributed by atoms with E-state index in [1.54, 1.807) is 28.4 Å². The summed E-state index contributed by atoms with van der Waals surface area (Å²) in [5.41, 5.74) is 4.40. The van der Waals surface area contributed by atoms with Crippen molar-refractivity contribution in [3.63, 3.8) is 0 Å². The summed E-state index contributed by atoms with van der Waals surface area (Å²) in [6, 6.07) is 25.8. The summed E-state index contributed by atoms with van der Waals surface area (Å²) >= 11 is 1.62. The van der Waals surface area contributed by atoms with Gasteiger partial charge in [-0.05, 0) is 46.8 Å². The van der Waals surface area contributed by atoms with E-state index in [1.807, 2.05) is 53.9 Å². The largest absolute Gasteiger partial charge is 0.295 e. The first-order valence-electron chi connectivity index (χ1n) is 9.05. The number of hydrogen-bond acceptors (Lipinski definition) is 2. The van der Waals surface area contributed by atoms with Crippen LogP contribution in [0.3, 0.4) is 0 Å². The van der Waals surface area contributed by atoms with Gasteiger partial charge in [0.05, 0.1) is 11.7 Å². The van der Waals surface area contributed by atoms with Crippen molar-refractivity contribution in [1.29, 1.82) is 0 Å². The average Bonchev–Trinajstić information content (AvgIpc) is 3.27. The van der Waals surface area contributed by atoms with E-state index in [1.165, 1.54) is 12.1 Å². The molecule has 4 heteroatoms. The molecule has 0 saturated heterocycles. The van der Waals surface area contributed by atoms with Crippen LogP contribution in [0.15, 0.2) is 90.3 Å². The van der Waals surface area contributed by atoms with E-state index < -0.39 is 5.82 Å². The lowest BCUT2D eigenvalue weighted by molar-refractivity contribution is 0.0979. The van der Waals surface area contributed by atoms with Gasteiger partial charge < -0.3 is 0 Å². The molecule has 1 aromatic heterocycles. The number of fused-ring (bicyclic) bond motifs is 3. The quantitative estimate of drug-likeness (QED) is 0.396. The van der Waals surface area contributed by atoms with Crippen LogP contribution in [0.2, 0.25) is 0 Å². The van der Waals surface area contributed by atoms with E-state index in [-0.39, 0.29) is 11.9 Å². The number of amides is 1. The van der Waals surface area contributed by atoms with Gasteiger partial charge in [0.1, 0.15) is 5.82 Å². The van der Waals surface area contributed by atoms with Gasteiger partial charge in [-0.1, -0.05) is 54.6 Å². The number of hydrogen-bond donors (Lipinski definition) is 0. The molecule has 0 fully saturated rings. The maximum Gasteiger partial charge on any atom is 0.259 e. The molecule has 4 aromatic rings. The SMILES string of the molecule is O=C(c1cccc(F)c1)N1c2ccccc2-c2ccccc2C1c1cccs1.